The summed E-state index contributed by atoms with van der Waals surface area (Å²) in [5, 5.41) is 2.62. The van der Waals surface area contributed by atoms with E-state index in [9.17, 15) is 13.6 Å². The topological polar surface area (TPSA) is 47.6 Å². The normalized spacial score (nSPS) is 25.9. The number of anilines is 1. The molecular formula is C20H23F2NO3. The number of carbonyl (C=O) groups is 1. The van der Waals surface area contributed by atoms with Crippen LogP contribution >= 0.6 is 0 Å². The maximum absolute atomic E-state index is 14.4. The Hall–Kier alpha value is -2.21. The predicted octanol–water partition coefficient (Wildman–Crippen LogP) is 3.98. The SMILES string of the molecule is C=CCC1CC2(C(C)Cc3cc(F)c(NC)cc3F)OCOC2=CC1=O. The second-order valence-corrected chi connectivity index (χ2v) is 6.91. The molecule has 1 saturated heterocycles. The van der Waals surface area contributed by atoms with E-state index in [1.807, 2.05) is 6.92 Å². The van der Waals surface area contributed by atoms with Gasteiger partial charge in [0.25, 0.3) is 0 Å². The molecule has 6 heteroatoms. The lowest BCUT2D eigenvalue weighted by Crippen LogP contribution is -2.45. The number of benzene rings is 1. The molecule has 0 aromatic heterocycles. The highest BCUT2D eigenvalue weighted by Crippen LogP contribution is 2.46. The highest BCUT2D eigenvalue weighted by Gasteiger charge is 2.51. The average molecular weight is 363 g/mol. The number of carbonyl (C=O) groups excluding carboxylic acids is 1. The van der Waals surface area contributed by atoms with Crippen LogP contribution in [0.25, 0.3) is 0 Å². The first-order valence-corrected chi connectivity index (χ1v) is 8.70. The van der Waals surface area contributed by atoms with Crippen LogP contribution in [-0.2, 0) is 20.7 Å². The Labute approximate surface area is 151 Å². The van der Waals surface area contributed by atoms with Crippen molar-refractivity contribution in [1.29, 1.82) is 0 Å². The van der Waals surface area contributed by atoms with Gasteiger partial charge < -0.3 is 14.8 Å². The Morgan fingerprint density at radius 1 is 1.42 bits per heavy atom. The first kappa shape index (κ1) is 18.6. The van der Waals surface area contributed by atoms with Crippen molar-refractivity contribution in [2.24, 2.45) is 11.8 Å². The quantitative estimate of drug-likeness (QED) is 0.777. The zero-order chi connectivity index (χ0) is 18.9. The Bertz CT molecular complexity index is 762. The number of halogens is 2. The van der Waals surface area contributed by atoms with Crippen LogP contribution in [0, 0.1) is 23.5 Å². The summed E-state index contributed by atoms with van der Waals surface area (Å²) in [5.41, 5.74) is -0.408. The molecule has 140 valence electrons. The van der Waals surface area contributed by atoms with Crippen molar-refractivity contribution >= 4 is 11.5 Å². The highest BCUT2D eigenvalue weighted by atomic mass is 19.1. The zero-order valence-corrected chi connectivity index (χ0v) is 15.0. The first-order valence-electron chi connectivity index (χ1n) is 8.70. The summed E-state index contributed by atoms with van der Waals surface area (Å²) in [6.45, 7) is 5.67. The van der Waals surface area contributed by atoms with Crippen LogP contribution in [0.4, 0.5) is 14.5 Å². The molecule has 0 amide bonds. The fraction of sp³-hybridized carbons (Fsp3) is 0.450. The molecule has 0 bridgehead atoms. The van der Waals surface area contributed by atoms with Crippen LogP contribution in [0.15, 0.2) is 36.6 Å². The maximum atomic E-state index is 14.4. The summed E-state index contributed by atoms with van der Waals surface area (Å²) < 4.78 is 39.9. The number of hydrogen-bond donors (Lipinski definition) is 1. The molecule has 1 aromatic rings. The van der Waals surface area contributed by atoms with Crippen molar-refractivity contribution in [1.82, 2.24) is 0 Å². The Morgan fingerprint density at radius 2 is 2.19 bits per heavy atom. The van der Waals surface area contributed by atoms with E-state index in [0.717, 1.165) is 6.07 Å². The summed E-state index contributed by atoms with van der Waals surface area (Å²) in [7, 11) is 1.54. The fourth-order valence-electron chi connectivity index (χ4n) is 3.85. The molecule has 1 fully saturated rings. The van der Waals surface area contributed by atoms with E-state index in [2.05, 4.69) is 11.9 Å². The Morgan fingerprint density at radius 3 is 2.88 bits per heavy atom. The van der Waals surface area contributed by atoms with Gasteiger partial charge in [-0.15, -0.1) is 6.58 Å². The summed E-state index contributed by atoms with van der Waals surface area (Å²) in [4.78, 5) is 12.2. The molecular weight excluding hydrogens is 340 g/mol. The third kappa shape index (κ3) is 3.14. The number of fused-ring (bicyclic) bond motifs is 1. The van der Waals surface area contributed by atoms with Gasteiger partial charge in [0.05, 0.1) is 5.69 Å². The third-order valence-electron chi connectivity index (χ3n) is 5.35. The fourth-order valence-corrected chi connectivity index (χ4v) is 3.85. The average Bonchev–Trinajstić information content (AvgIpc) is 3.02. The molecule has 3 rings (SSSR count). The maximum Gasteiger partial charge on any atom is 0.189 e. The molecule has 3 atom stereocenters. The van der Waals surface area contributed by atoms with Crippen LogP contribution in [0.3, 0.4) is 0 Å². The lowest BCUT2D eigenvalue weighted by molar-refractivity contribution is -0.123. The molecule has 1 N–H and O–H groups in total. The number of nitrogens with one attached hydrogen (secondary N) is 1. The molecule has 0 radical (unpaired) electrons. The van der Waals surface area contributed by atoms with E-state index in [4.69, 9.17) is 9.47 Å². The number of rotatable bonds is 6. The number of ketones is 1. The van der Waals surface area contributed by atoms with Crippen LogP contribution in [0.2, 0.25) is 0 Å². The van der Waals surface area contributed by atoms with Crippen molar-refractivity contribution in [2.75, 3.05) is 19.2 Å². The summed E-state index contributed by atoms with van der Waals surface area (Å²) in [6.07, 6.45) is 4.45. The van der Waals surface area contributed by atoms with Crippen LogP contribution in [0.1, 0.15) is 25.3 Å². The van der Waals surface area contributed by atoms with Crippen molar-refractivity contribution < 1.29 is 23.0 Å². The molecule has 1 aromatic carbocycles. The summed E-state index contributed by atoms with van der Waals surface area (Å²) in [6, 6.07) is 2.37. The van der Waals surface area contributed by atoms with Crippen LogP contribution in [-0.4, -0.2) is 25.2 Å². The standard InChI is InChI=1S/C20H23F2NO3/c1-4-5-13-10-20(19(9-18(13)24)25-11-26-20)12(2)6-14-7-16(22)17(23-3)8-15(14)21/h4,7-9,12-13,23H,1,5-6,10-11H2,2-3H3. The second kappa shape index (κ2) is 7.19. The van der Waals surface area contributed by atoms with E-state index >= 15 is 0 Å². The zero-order valence-electron chi connectivity index (χ0n) is 15.0. The van der Waals surface area contributed by atoms with Crippen molar-refractivity contribution in [3.63, 3.8) is 0 Å². The number of hydrogen-bond acceptors (Lipinski definition) is 4. The largest absolute Gasteiger partial charge is 0.469 e. The second-order valence-electron chi connectivity index (χ2n) is 6.91. The minimum atomic E-state index is -0.799. The van der Waals surface area contributed by atoms with Crippen molar-refractivity contribution in [3.8, 4) is 0 Å². The van der Waals surface area contributed by atoms with Crippen molar-refractivity contribution in [2.45, 2.75) is 31.8 Å². The van der Waals surface area contributed by atoms with Gasteiger partial charge in [0.15, 0.2) is 12.6 Å². The van der Waals surface area contributed by atoms with Crippen LogP contribution in [0.5, 0.6) is 0 Å². The van der Waals surface area contributed by atoms with Gasteiger partial charge >= 0.3 is 0 Å². The first-order chi connectivity index (χ1) is 12.4. The van der Waals surface area contributed by atoms with Gasteiger partial charge in [-0.3, -0.25) is 4.79 Å². The molecule has 3 unspecified atom stereocenters. The van der Waals surface area contributed by atoms with E-state index in [1.54, 1.807) is 13.1 Å². The van der Waals surface area contributed by atoms with Gasteiger partial charge in [-0.25, -0.2) is 8.78 Å². The van der Waals surface area contributed by atoms with Crippen molar-refractivity contribution in [3.05, 3.63) is 53.8 Å². The summed E-state index contributed by atoms with van der Waals surface area (Å²) in [5.74, 6) is -0.944. The molecule has 4 nitrogen and oxygen atoms in total. The molecule has 1 heterocycles. The van der Waals surface area contributed by atoms with E-state index in [-0.39, 0.29) is 42.1 Å². The number of ether oxygens (including phenoxy) is 2. The third-order valence-corrected chi connectivity index (χ3v) is 5.35. The van der Waals surface area contributed by atoms with Gasteiger partial charge in [0.1, 0.15) is 23.0 Å². The molecule has 0 spiro atoms. The van der Waals surface area contributed by atoms with Gasteiger partial charge in [-0.05, 0) is 36.8 Å². The Balaban J connectivity index is 1.89. The Kier molecular flexibility index (Phi) is 5.14. The van der Waals surface area contributed by atoms with Crippen LogP contribution < -0.4 is 5.32 Å². The van der Waals surface area contributed by atoms with E-state index in [1.165, 1.54) is 12.1 Å². The molecule has 2 aliphatic rings. The van der Waals surface area contributed by atoms with Gasteiger partial charge in [-0.2, -0.15) is 0 Å². The predicted molar refractivity (Wildman–Crippen MR) is 94.6 cm³/mol. The minimum Gasteiger partial charge on any atom is -0.469 e. The van der Waals surface area contributed by atoms with E-state index in [0.29, 0.717) is 18.6 Å². The minimum absolute atomic E-state index is 0.0103. The monoisotopic (exact) mass is 363 g/mol. The molecule has 0 saturated carbocycles. The molecule has 1 aliphatic carbocycles. The lowest BCUT2D eigenvalue weighted by atomic mass is 9.71. The van der Waals surface area contributed by atoms with Gasteiger partial charge in [0.2, 0.25) is 0 Å². The van der Waals surface area contributed by atoms with Gasteiger partial charge in [-0.1, -0.05) is 13.0 Å². The molecule has 26 heavy (non-hydrogen) atoms. The lowest BCUT2D eigenvalue weighted by Gasteiger charge is -2.38. The highest BCUT2D eigenvalue weighted by molar-refractivity contribution is 5.93. The summed E-state index contributed by atoms with van der Waals surface area (Å²) >= 11 is 0. The smallest absolute Gasteiger partial charge is 0.189 e. The molecule has 1 aliphatic heterocycles. The number of allylic oxidation sites excluding steroid dienone is 2. The van der Waals surface area contributed by atoms with E-state index < -0.39 is 17.2 Å². The van der Waals surface area contributed by atoms with Gasteiger partial charge in [0, 0.05) is 25.1 Å².